The van der Waals surface area contributed by atoms with Crippen LogP contribution in [0.5, 0.6) is 11.5 Å². The summed E-state index contributed by atoms with van der Waals surface area (Å²) in [7, 11) is 3.25. The lowest BCUT2D eigenvalue weighted by atomic mass is 9.79. The molecule has 2 aliphatic heterocycles. The van der Waals surface area contributed by atoms with Gasteiger partial charge in [0.15, 0.2) is 23.2 Å². The maximum absolute atomic E-state index is 12.9. The Hall–Kier alpha value is -5.66. The summed E-state index contributed by atoms with van der Waals surface area (Å²) in [4.78, 5) is 26.2. The zero-order chi connectivity index (χ0) is 35.0. The number of benzene rings is 4. The SMILES string of the molecule is COc1ccc(C(OC[C@]23CO[C@@H]([C@@H](n4cnc5c(NC(=O)c6ccccc6)ncnc54)O2)[C@@H]3O)(c2ccccc2)c2ccc(OC)cc2)cc1. The van der Waals surface area contributed by atoms with Crippen molar-refractivity contribution in [2.75, 3.05) is 32.8 Å². The lowest BCUT2D eigenvalue weighted by Gasteiger charge is -2.39. The molecule has 2 aliphatic rings. The third-order valence-electron chi connectivity index (χ3n) is 9.61. The van der Waals surface area contributed by atoms with Crippen LogP contribution in [-0.4, -0.2) is 75.8 Å². The first kappa shape index (κ1) is 32.5. The molecule has 2 saturated heterocycles. The minimum absolute atomic E-state index is 0.0336. The van der Waals surface area contributed by atoms with E-state index in [1.54, 1.807) is 49.4 Å². The summed E-state index contributed by atoms with van der Waals surface area (Å²) < 4.78 is 32.7. The zero-order valence-corrected chi connectivity index (χ0v) is 27.9. The van der Waals surface area contributed by atoms with Gasteiger partial charge in [0.1, 0.15) is 41.2 Å². The molecule has 0 spiro atoms. The number of hydrogen-bond acceptors (Lipinski definition) is 10. The fourth-order valence-corrected chi connectivity index (χ4v) is 6.94. The van der Waals surface area contributed by atoms with Crippen LogP contribution < -0.4 is 14.8 Å². The van der Waals surface area contributed by atoms with E-state index in [4.69, 9.17) is 23.7 Å². The summed E-state index contributed by atoms with van der Waals surface area (Å²) in [5.74, 6) is 1.34. The Kier molecular flexibility index (Phi) is 8.44. The molecule has 4 atom stereocenters. The Morgan fingerprint density at radius 3 is 2.10 bits per heavy atom. The second-order valence-electron chi connectivity index (χ2n) is 12.5. The third kappa shape index (κ3) is 5.58. The van der Waals surface area contributed by atoms with Gasteiger partial charge in [-0.1, -0.05) is 72.8 Å². The highest BCUT2D eigenvalue weighted by Gasteiger charge is 2.63. The number of imidazole rings is 1. The molecule has 1 amide bonds. The number of nitrogens with one attached hydrogen (secondary N) is 1. The molecule has 2 aromatic heterocycles. The van der Waals surface area contributed by atoms with Crippen LogP contribution in [0.1, 0.15) is 33.3 Å². The van der Waals surface area contributed by atoms with Crippen molar-refractivity contribution in [1.29, 1.82) is 0 Å². The van der Waals surface area contributed by atoms with Crippen LogP contribution in [0.25, 0.3) is 11.2 Å². The number of hydrogen-bond donors (Lipinski definition) is 2. The number of aliphatic hydroxyl groups excluding tert-OH is 1. The molecule has 2 bridgehead atoms. The number of rotatable bonds is 11. The highest BCUT2D eigenvalue weighted by molar-refractivity contribution is 6.06. The van der Waals surface area contributed by atoms with E-state index < -0.39 is 29.6 Å². The van der Waals surface area contributed by atoms with Gasteiger partial charge in [-0.15, -0.1) is 0 Å². The highest BCUT2D eigenvalue weighted by atomic mass is 16.7. The molecule has 4 heterocycles. The van der Waals surface area contributed by atoms with Crippen molar-refractivity contribution in [2.24, 2.45) is 0 Å². The molecule has 8 rings (SSSR count). The maximum Gasteiger partial charge on any atom is 0.256 e. The van der Waals surface area contributed by atoms with Gasteiger partial charge in [-0.25, -0.2) is 15.0 Å². The molecule has 0 radical (unpaired) electrons. The van der Waals surface area contributed by atoms with Crippen LogP contribution in [0.2, 0.25) is 0 Å². The van der Waals surface area contributed by atoms with Crippen molar-refractivity contribution in [3.63, 3.8) is 0 Å². The van der Waals surface area contributed by atoms with Crippen molar-refractivity contribution < 1.29 is 33.6 Å². The lowest BCUT2D eigenvalue weighted by Crippen LogP contribution is -2.48. The van der Waals surface area contributed by atoms with Crippen molar-refractivity contribution in [3.8, 4) is 11.5 Å². The normalized spacial score (nSPS) is 21.1. The van der Waals surface area contributed by atoms with E-state index in [9.17, 15) is 9.90 Å². The van der Waals surface area contributed by atoms with E-state index >= 15 is 0 Å². The molecule has 2 fully saturated rings. The van der Waals surface area contributed by atoms with Crippen LogP contribution in [-0.2, 0) is 19.8 Å². The number of aliphatic hydroxyl groups is 1. The van der Waals surface area contributed by atoms with Gasteiger partial charge in [0, 0.05) is 5.56 Å². The quantitative estimate of drug-likeness (QED) is 0.177. The van der Waals surface area contributed by atoms with Crippen molar-refractivity contribution in [2.45, 2.75) is 29.6 Å². The van der Waals surface area contributed by atoms with Crippen LogP contribution in [0.4, 0.5) is 5.82 Å². The predicted octanol–water partition coefficient (Wildman–Crippen LogP) is 5.13. The summed E-state index contributed by atoms with van der Waals surface area (Å²) in [6.07, 6.45) is 0.331. The minimum Gasteiger partial charge on any atom is -0.497 e. The second kappa shape index (κ2) is 13.2. The molecular weight excluding hydrogens is 650 g/mol. The maximum atomic E-state index is 12.9. The topological polar surface area (TPSA) is 139 Å². The molecule has 0 aliphatic carbocycles. The van der Waals surface area contributed by atoms with Gasteiger partial charge in [-0.3, -0.25) is 9.36 Å². The van der Waals surface area contributed by atoms with Gasteiger partial charge in [0.05, 0.1) is 33.8 Å². The number of carbonyl (C=O) groups excluding carboxylic acids is 1. The average Bonchev–Trinajstić information content (AvgIpc) is 3.85. The fraction of sp³-hybridized carbons (Fsp3) is 0.231. The molecule has 51 heavy (non-hydrogen) atoms. The number of ether oxygens (including phenoxy) is 5. The highest BCUT2D eigenvalue weighted by Crippen LogP contribution is 2.49. The molecule has 2 N–H and O–H groups in total. The second-order valence-corrected chi connectivity index (χ2v) is 12.5. The number of nitrogens with zero attached hydrogens (tertiary/aromatic N) is 4. The lowest BCUT2D eigenvalue weighted by molar-refractivity contribution is -0.202. The molecule has 12 nitrogen and oxygen atoms in total. The molecule has 4 aromatic carbocycles. The number of carbonyl (C=O) groups is 1. The van der Waals surface area contributed by atoms with Crippen LogP contribution in [0.3, 0.4) is 0 Å². The van der Waals surface area contributed by atoms with Crippen LogP contribution in [0, 0.1) is 0 Å². The number of methoxy groups -OCH3 is 2. The molecule has 6 aromatic rings. The largest absolute Gasteiger partial charge is 0.497 e. The van der Waals surface area contributed by atoms with Gasteiger partial charge in [-0.2, -0.15) is 0 Å². The first-order valence-corrected chi connectivity index (χ1v) is 16.5. The number of amides is 1. The molecule has 0 unspecified atom stereocenters. The van der Waals surface area contributed by atoms with Gasteiger partial charge in [0.25, 0.3) is 5.91 Å². The molecule has 12 heteroatoms. The van der Waals surface area contributed by atoms with E-state index in [2.05, 4.69) is 20.3 Å². The van der Waals surface area contributed by atoms with Gasteiger partial charge >= 0.3 is 0 Å². The Morgan fingerprint density at radius 1 is 0.863 bits per heavy atom. The van der Waals surface area contributed by atoms with E-state index in [0.717, 1.165) is 16.7 Å². The molecule has 258 valence electrons. The number of fused-ring (bicyclic) bond motifs is 3. The van der Waals surface area contributed by atoms with Crippen molar-refractivity contribution in [1.82, 2.24) is 19.5 Å². The van der Waals surface area contributed by atoms with E-state index in [1.165, 1.54) is 6.33 Å². The Bertz CT molecular complexity index is 2100. The molecule has 0 saturated carbocycles. The first-order valence-electron chi connectivity index (χ1n) is 16.5. The fourth-order valence-electron chi connectivity index (χ4n) is 6.94. The Balaban J connectivity index is 1.14. The van der Waals surface area contributed by atoms with E-state index in [1.807, 2.05) is 84.9 Å². The minimum atomic E-state index is -1.23. The van der Waals surface area contributed by atoms with Gasteiger partial charge < -0.3 is 34.1 Å². The van der Waals surface area contributed by atoms with E-state index in [-0.39, 0.29) is 24.9 Å². The summed E-state index contributed by atoms with van der Waals surface area (Å²) in [6, 6.07) is 34.2. The molecular formula is C39H35N5O7. The predicted molar refractivity (Wildman–Crippen MR) is 187 cm³/mol. The average molecular weight is 686 g/mol. The Morgan fingerprint density at radius 2 is 1.47 bits per heavy atom. The van der Waals surface area contributed by atoms with Crippen LogP contribution in [0.15, 0.2) is 122 Å². The standard InChI is InChI=1S/C39H35N5O7/c1-47-29-17-13-27(14-18-29)39(26-11-7-4-8-12-26,28-15-19-30(48-2)20-16-28)50-22-38-21-49-32(33(38)45)37(51-38)44-24-42-31-34(40-23-41-35(31)44)43-36(46)25-9-5-3-6-10-25/h3-20,23-24,32-33,37,45H,21-22H2,1-2H3,(H,40,41,43,46)/t32-,33+,37+,38+/m1/s1. The smallest absolute Gasteiger partial charge is 0.256 e. The van der Waals surface area contributed by atoms with Crippen LogP contribution >= 0.6 is 0 Å². The van der Waals surface area contributed by atoms with Crippen molar-refractivity contribution >= 4 is 22.9 Å². The van der Waals surface area contributed by atoms with Gasteiger partial charge in [-0.05, 0) is 53.1 Å². The van der Waals surface area contributed by atoms with E-state index in [0.29, 0.717) is 28.2 Å². The number of anilines is 1. The summed E-state index contributed by atoms with van der Waals surface area (Å²) in [5.41, 5.74) is 1.46. The summed E-state index contributed by atoms with van der Waals surface area (Å²) in [6.45, 7) is 0.0690. The summed E-state index contributed by atoms with van der Waals surface area (Å²) >= 11 is 0. The monoisotopic (exact) mass is 685 g/mol. The Labute approximate surface area is 293 Å². The first-order chi connectivity index (χ1) is 25.0. The van der Waals surface area contributed by atoms with Gasteiger partial charge in [0.2, 0.25) is 0 Å². The van der Waals surface area contributed by atoms with Crippen molar-refractivity contribution in [3.05, 3.63) is 144 Å². The third-order valence-corrected chi connectivity index (χ3v) is 9.61. The summed E-state index contributed by atoms with van der Waals surface area (Å²) in [5, 5.41) is 14.6. The number of aromatic nitrogens is 4. The zero-order valence-electron chi connectivity index (χ0n) is 27.9.